The highest BCUT2D eigenvalue weighted by molar-refractivity contribution is 5.97. The number of amides is 1. The number of nitrogens with zero attached hydrogens (tertiary/aromatic N) is 1. The van der Waals surface area contributed by atoms with Gasteiger partial charge < -0.3 is 10.2 Å². The lowest BCUT2D eigenvalue weighted by Crippen LogP contribution is -2.41. The highest BCUT2D eigenvalue weighted by Crippen LogP contribution is 2.30. The van der Waals surface area contributed by atoms with E-state index in [1.807, 2.05) is 31.2 Å². The zero-order valence-corrected chi connectivity index (χ0v) is 14.0. The van der Waals surface area contributed by atoms with Crippen molar-refractivity contribution < 1.29 is 4.79 Å². The Bertz CT molecular complexity index is 708. The fourth-order valence-electron chi connectivity index (χ4n) is 3.26. The van der Waals surface area contributed by atoms with E-state index >= 15 is 0 Å². The number of carbonyl (C=O) groups is 1. The first-order valence-electron chi connectivity index (χ1n) is 8.32. The number of hydrogen-bond acceptors (Lipinski definition) is 2. The first-order valence-corrected chi connectivity index (χ1v) is 8.32. The van der Waals surface area contributed by atoms with Crippen molar-refractivity contribution in [1.82, 2.24) is 0 Å². The Morgan fingerprint density at radius 3 is 2.52 bits per heavy atom. The van der Waals surface area contributed by atoms with Gasteiger partial charge >= 0.3 is 0 Å². The molecule has 0 unspecified atom stereocenters. The number of nitrogens with one attached hydrogen (secondary N) is 1. The predicted octanol–water partition coefficient (Wildman–Crippen LogP) is 4.20. The fourth-order valence-corrected chi connectivity index (χ4v) is 3.26. The molecule has 0 radical (unpaired) electrons. The Kier molecular flexibility index (Phi) is 4.37. The number of benzene rings is 2. The Hall–Kier alpha value is -2.29. The van der Waals surface area contributed by atoms with Gasteiger partial charge in [0, 0.05) is 17.9 Å². The Morgan fingerprint density at radius 1 is 1.04 bits per heavy atom. The maximum absolute atomic E-state index is 12.7. The van der Waals surface area contributed by atoms with Crippen molar-refractivity contribution in [3.05, 3.63) is 59.7 Å². The summed E-state index contributed by atoms with van der Waals surface area (Å²) in [5.74, 6) is 0.434. The normalized spacial score (nSPS) is 14.7. The van der Waals surface area contributed by atoms with Crippen molar-refractivity contribution in [1.29, 1.82) is 0 Å². The first-order chi connectivity index (χ1) is 11.1. The molecule has 1 N–H and O–H groups in total. The van der Waals surface area contributed by atoms with Gasteiger partial charge in [-0.25, -0.2) is 0 Å². The van der Waals surface area contributed by atoms with Crippen LogP contribution in [0.2, 0.25) is 0 Å². The topological polar surface area (TPSA) is 32.3 Å². The molecule has 23 heavy (non-hydrogen) atoms. The van der Waals surface area contributed by atoms with Gasteiger partial charge in [-0.1, -0.05) is 50.2 Å². The van der Waals surface area contributed by atoms with Crippen molar-refractivity contribution in [3.8, 4) is 0 Å². The van der Waals surface area contributed by atoms with Crippen molar-refractivity contribution >= 4 is 17.3 Å². The fraction of sp³-hybridized carbons (Fsp3) is 0.350. The van der Waals surface area contributed by atoms with Crippen molar-refractivity contribution in [2.75, 3.05) is 16.8 Å². The molecule has 1 aliphatic rings. The van der Waals surface area contributed by atoms with E-state index in [9.17, 15) is 4.79 Å². The van der Waals surface area contributed by atoms with Crippen LogP contribution in [0.15, 0.2) is 48.5 Å². The zero-order chi connectivity index (χ0) is 16.4. The molecule has 3 rings (SSSR count). The molecule has 1 atom stereocenters. The van der Waals surface area contributed by atoms with E-state index in [4.69, 9.17) is 0 Å². The van der Waals surface area contributed by atoms with Crippen LogP contribution in [0.4, 0.5) is 11.4 Å². The molecule has 0 spiro atoms. The molecule has 1 aliphatic heterocycles. The second-order valence-corrected chi connectivity index (χ2v) is 6.48. The monoisotopic (exact) mass is 308 g/mol. The third kappa shape index (κ3) is 3.09. The highest BCUT2D eigenvalue weighted by atomic mass is 16.2. The highest BCUT2D eigenvalue weighted by Gasteiger charge is 2.27. The molecule has 2 aromatic carbocycles. The minimum Gasteiger partial charge on any atom is -0.359 e. The summed E-state index contributed by atoms with van der Waals surface area (Å²) in [6.45, 7) is 7.17. The second-order valence-electron chi connectivity index (χ2n) is 6.48. The standard InChI is InChI=1S/C20H24N2O/c1-14(2)17-9-5-6-10-18(17)21-20(23)15(3)22-13-12-16-8-4-7-11-19(16)22/h4-11,14-15H,12-13H2,1-3H3,(H,21,23)/t15-/m1/s1. The Morgan fingerprint density at radius 2 is 1.74 bits per heavy atom. The summed E-state index contributed by atoms with van der Waals surface area (Å²) in [5.41, 5.74) is 4.61. The van der Waals surface area contributed by atoms with Gasteiger partial charge in [0.1, 0.15) is 6.04 Å². The number of rotatable bonds is 4. The minimum absolute atomic E-state index is 0.0507. The van der Waals surface area contributed by atoms with E-state index in [-0.39, 0.29) is 11.9 Å². The van der Waals surface area contributed by atoms with Crippen molar-refractivity contribution in [2.24, 2.45) is 0 Å². The predicted molar refractivity (Wildman–Crippen MR) is 96.1 cm³/mol. The average Bonchev–Trinajstić information content (AvgIpc) is 2.98. The number of fused-ring (bicyclic) bond motifs is 1. The summed E-state index contributed by atoms with van der Waals surface area (Å²) in [4.78, 5) is 14.9. The lowest BCUT2D eigenvalue weighted by Gasteiger charge is -2.27. The quantitative estimate of drug-likeness (QED) is 0.918. The third-order valence-corrected chi connectivity index (χ3v) is 4.61. The first kappa shape index (κ1) is 15.6. The second kappa shape index (κ2) is 6.45. The largest absolute Gasteiger partial charge is 0.359 e. The van der Waals surface area contributed by atoms with Gasteiger partial charge in [0.15, 0.2) is 0 Å². The van der Waals surface area contributed by atoms with Crippen LogP contribution in [0, 0.1) is 0 Å². The maximum Gasteiger partial charge on any atom is 0.246 e. The van der Waals surface area contributed by atoms with Gasteiger partial charge in [-0.05, 0) is 42.5 Å². The third-order valence-electron chi connectivity index (χ3n) is 4.61. The lowest BCUT2D eigenvalue weighted by atomic mass is 10.0. The van der Waals surface area contributed by atoms with Crippen LogP contribution < -0.4 is 10.2 Å². The molecule has 1 heterocycles. The number of hydrogen-bond donors (Lipinski definition) is 1. The van der Waals surface area contributed by atoms with Gasteiger partial charge in [0.2, 0.25) is 5.91 Å². The molecule has 3 nitrogen and oxygen atoms in total. The molecule has 0 bridgehead atoms. The van der Waals surface area contributed by atoms with Crippen molar-refractivity contribution in [2.45, 2.75) is 39.2 Å². The van der Waals surface area contributed by atoms with E-state index in [1.54, 1.807) is 0 Å². The van der Waals surface area contributed by atoms with Crippen LogP contribution in [0.25, 0.3) is 0 Å². The van der Waals surface area contributed by atoms with Gasteiger partial charge in [0.05, 0.1) is 0 Å². The molecule has 0 aliphatic carbocycles. The van der Waals surface area contributed by atoms with Crippen LogP contribution in [0.3, 0.4) is 0 Å². The minimum atomic E-state index is -0.182. The van der Waals surface area contributed by atoms with E-state index in [0.717, 1.165) is 18.7 Å². The molecule has 120 valence electrons. The molecule has 2 aromatic rings. The van der Waals surface area contributed by atoms with Gasteiger partial charge in [0.25, 0.3) is 0 Å². The van der Waals surface area contributed by atoms with Crippen LogP contribution in [0.5, 0.6) is 0 Å². The summed E-state index contributed by atoms with van der Waals surface area (Å²) in [6, 6.07) is 16.2. The van der Waals surface area contributed by atoms with Gasteiger partial charge in [-0.15, -0.1) is 0 Å². The SMILES string of the molecule is CC(C)c1ccccc1NC(=O)[C@@H](C)N1CCc2ccccc21. The maximum atomic E-state index is 12.7. The molecule has 0 saturated heterocycles. The van der Waals surface area contributed by atoms with E-state index in [1.165, 1.54) is 16.8 Å². The number of carbonyl (C=O) groups excluding carboxylic acids is 1. The number of anilines is 2. The van der Waals surface area contributed by atoms with Crippen molar-refractivity contribution in [3.63, 3.8) is 0 Å². The molecular weight excluding hydrogens is 284 g/mol. The molecule has 0 fully saturated rings. The smallest absolute Gasteiger partial charge is 0.246 e. The summed E-state index contributed by atoms with van der Waals surface area (Å²) in [5, 5.41) is 3.12. The van der Waals surface area contributed by atoms with Crippen LogP contribution in [0.1, 0.15) is 37.8 Å². The molecular formula is C20H24N2O. The lowest BCUT2D eigenvalue weighted by molar-refractivity contribution is -0.117. The summed E-state index contributed by atoms with van der Waals surface area (Å²) < 4.78 is 0. The van der Waals surface area contributed by atoms with Gasteiger partial charge in [-0.3, -0.25) is 4.79 Å². The zero-order valence-electron chi connectivity index (χ0n) is 14.0. The average molecular weight is 308 g/mol. The van der Waals surface area contributed by atoms with Crippen LogP contribution in [-0.4, -0.2) is 18.5 Å². The molecule has 1 amide bonds. The molecule has 0 aromatic heterocycles. The van der Waals surface area contributed by atoms with Gasteiger partial charge in [-0.2, -0.15) is 0 Å². The van der Waals surface area contributed by atoms with E-state index in [2.05, 4.69) is 48.3 Å². The van der Waals surface area contributed by atoms with Crippen LogP contribution >= 0.6 is 0 Å². The number of para-hydroxylation sites is 2. The molecule has 0 saturated carbocycles. The summed E-state index contributed by atoms with van der Waals surface area (Å²) in [7, 11) is 0. The van der Waals surface area contributed by atoms with E-state index in [0.29, 0.717) is 5.92 Å². The summed E-state index contributed by atoms with van der Waals surface area (Å²) >= 11 is 0. The summed E-state index contributed by atoms with van der Waals surface area (Å²) in [6.07, 6.45) is 1.01. The van der Waals surface area contributed by atoms with E-state index < -0.39 is 0 Å². The molecule has 3 heteroatoms. The Balaban J connectivity index is 1.77. The Labute approximate surface area is 138 Å². The van der Waals surface area contributed by atoms with Crippen LogP contribution in [-0.2, 0) is 11.2 Å².